The van der Waals surface area contributed by atoms with Gasteiger partial charge in [0.15, 0.2) is 0 Å². The summed E-state index contributed by atoms with van der Waals surface area (Å²) in [6.07, 6.45) is 4.35. The molecule has 0 spiro atoms. The van der Waals surface area contributed by atoms with Crippen LogP contribution < -0.4 is 5.32 Å². The summed E-state index contributed by atoms with van der Waals surface area (Å²) >= 11 is 1.72. The first-order valence-electron chi connectivity index (χ1n) is 5.98. The van der Waals surface area contributed by atoms with E-state index in [-0.39, 0.29) is 18.0 Å². The minimum atomic E-state index is -0.272. The quantitative estimate of drug-likeness (QED) is 0.899. The van der Waals surface area contributed by atoms with E-state index < -0.39 is 0 Å². The molecule has 4 nitrogen and oxygen atoms in total. The molecule has 0 aliphatic heterocycles. The first-order chi connectivity index (χ1) is 8.66. The molecule has 0 aromatic carbocycles. The van der Waals surface area contributed by atoms with Crippen molar-refractivity contribution in [1.82, 2.24) is 15.1 Å². The fourth-order valence-corrected chi connectivity index (χ4v) is 2.61. The molecule has 0 bridgehead atoms. The van der Waals surface area contributed by atoms with Crippen LogP contribution in [-0.2, 0) is 11.2 Å². The molecule has 0 fully saturated rings. The topological polar surface area (TPSA) is 46.9 Å². The normalized spacial score (nSPS) is 14.1. The second-order valence-corrected chi connectivity index (χ2v) is 5.39. The van der Waals surface area contributed by atoms with Crippen LogP contribution in [0.1, 0.15) is 24.8 Å². The Morgan fingerprint density at radius 3 is 2.94 bits per heavy atom. The number of rotatable bonds is 5. The van der Waals surface area contributed by atoms with Crippen molar-refractivity contribution in [3.63, 3.8) is 0 Å². The Morgan fingerprint density at radius 1 is 1.50 bits per heavy atom. The van der Waals surface area contributed by atoms with Gasteiger partial charge in [-0.25, -0.2) is 0 Å². The summed E-state index contributed by atoms with van der Waals surface area (Å²) in [6, 6.07) is 5.80. The van der Waals surface area contributed by atoms with Crippen LogP contribution in [0, 0.1) is 0 Å². The van der Waals surface area contributed by atoms with Crippen molar-refractivity contribution in [2.75, 3.05) is 0 Å². The van der Waals surface area contributed by atoms with Crippen LogP contribution in [-0.4, -0.2) is 21.7 Å². The average molecular weight is 263 g/mol. The van der Waals surface area contributed by atoms with Gasteiger partial charge in [0.25, 0.3) is 0 Å². The van der Waals surface area contributed by atoms with Crippen molar-refractivity contribution >= 4 is 17.2 Å². The summed E-state index contributed by atoms with van der Waals surface area (Å²) < 4.78 is 1.66. The molecule has 96 valence electrons. The number of carbonyl (C=O) groups is 1. The maximum atomic E-state index is 12.0. The number of carbonyl (C=O) groups excluding carboxylic acids is 1. The van der Waals surface area contributed by atoms with Gasteiger partial charge in [0.1, 0.15) is 6.04 Å². The minimum Gasteiger partial charge on any atom is -0.351 e. The summed E-state index contributed by atoms with van der Waals surface area (Å²) in [5.74, 6) is 0.00255. The van der Waals surface area contributed by atoms with Gasteiger partial charge in [-0.1, -0.05) is 6.07 Å². The van der Waals surface area contributed by atoms with Crippen molar-refractivity contribution in [3.05, 3.63) is 40.8 Å². The third kappa shape index (κ3) is 3.20. The number of hydrogen-bond acceptors (Lipinski definition) is 3. The first kappa shape index (κ1) is 12.8. The molecule has 2 aromatic rings. The van der Waals surface area contributed by atoms with Crippen molar-refractivity contribution in [2.45, 2.75) is 32.4 Å². The molecule has 0 aliphatic rings. The zero-order chi connectivity index (χ0) is 13.0. The van der Waals surface area contributed by atoms with Crippen molar-refractivity contribution in [3.8, 4) is 0 Å². The molecule has 0 aliphatic carbocycles. The Morgan fingerprint density at radius 2 is 2.33 bits per heavy atom. The Kier molecular flexibility index (Phi) is 4.15. The van der Waals surface area contributed by atoms with Crippen molar-refractivity contribution < 1.29 is 4.79 Å². The smallest absolute Gasteiger partial charge is 0.244 e. The summed E-state index contributed by atoms with van der Waals surface area (Å²) in [5, 5.41) is 9.14. The molecule has 18 heavy (non-hydrogen) atoms. The number of hydrogen-bond donors (Lipinski definition) is 1. The fraction of sp³-hybridized carbons (Fsp3) is 0.385. The maximum Gasteiger partial charge on any atom is 0.244 e. The molecule has 1 N–H and O–H groups in total. The Labute approximate surface area is 111 Å². The standard InChI is InChI=1S/C13H17N3OS/c1-10(9-12-5-3-8-18-12)15-13(17)11(2)16-7-4-6-14-16/h3-8,10-11H,9H2,1-2H3,(H,15,17)/t10-,11-/m0/s1. The van der Waals surface area contributed by atoms with Crippen LogP contribution >= 0.6 is 11.3 Å². The van der Waals surface area contributed by atoms with Crippen molar-refractivity contribution in [1.29, 1.82) is 0 Å². The molecule has 0 saturated carbocycles. The largest absolute Gasteiger partial charge is 0.351 e. The van der Waals surface area contributed by atoms with E-state index in [2.05, 4.69) is 21.9 Å². The lowest BCUT2D eigenvalue weighted by atomic mass is 10.2. The van der Waals surface area contributed by atoms with Gasteiger partial charge in [-0.15, -0.1) is 11.3 Å². The lowest BCUT2D eigenvalue weighted by Crippen LogP contribution is -2.38. The van der Waals surface area contributed by atoms with Gasteiger partial charge in [-0.3, -0.25) is 9.48 Å². The highest BCUT2D eigenvalue weighted by atomic mass is 32.1. The molecule has 2 heterocycles. The van der Waals surface area contributed by atoms with Gasteiger partial charge in [0.2, 0.25) is 5.91 Å². The highest BCUT2D eigenvalue weighted by Gasteiger charge is 2.17. The van der Waals surface area contributed by atoms with Crippen LogP contribution in [0.3, 0.4) is 0 Å². The van der Waals surface area contributed by atoms with Gasteiger partial charge in [0.05, 0.1) is 0 Å². The predicted molar refractivity (Wildman–Crippen MR) is 72.6 cm³/mol. The van der Waals surface area contributed by atoms with Crippen LogP contribution in [0.25, 0.3) is 0 Å². The number of nitrogens with zero attached hydrogens (tertiary/aromatic N) is 2. The van der Waals surface area contributed by atoms with E-state index in [9.17, 15) is 4.79 Å². The van der Waals surface area contributed by atoms with Crippen LogP contribution in [0.2, 0.25) is 0 Å². The number of nitrogens with one attached hydrogen (secondary N) is 1. The van der Waals surface area contributed by atoms with Gasteiger partial charge < -0.3 is 5.32 Å². The SMILES string of the molecule is C[C@@H](Cc1cccs1)NC(=O)[C@H](C)n1cccn1. The molecule has 5 heteroatoms. The molecule has 2 rings (SSSR count). The average Bonchev–Trinajstić information content (AvgIpc) is 2.99. The van der Waals surface area contributed by atoms with Gasteiger partial charge >= 0.3 is 0 Å². The Balaban J connectivity index is 1.87. The molecule has 2 aromatic heterocycles. The van der Waals surface area contributed by atoms with Crippen molar-refractivity contribution in [2.24, 2.45) is 0 Å². The van der Waals surface area contributed by atoms with E-state index in [4.69, 9.17) is 0 Å². The molecule has 2 atom stereocenters. The minimum absolute atomic E-state index is 0.00255. The van der Waals surface area contributed by atoms with Crippen LogP contribution in [0.5, 0.6) is 0 Å². The van der Waals surface area contributed by atoms with Gasteiger partial charge in [0, 0.05) is 29.7 Å². The van der Waals surface area contributed by atoms with Crippen LogP contribution in [0.4, 0.5) is 0 Å². The second-order valence-electron chi connectivity index (χ2n) is 4.36. The van der Waals surface area contributed by atoms with E-state index in [1.807, 2.05) is 26.0 Å². The molecular weight excluding hydrogens is 246 g/mol. The molecule has 0 radical (unpaired) electrons. The molecule has 1 amide bonds. The maximum absolute atomic E-state index is 12.0. The third-order valence-electron chi connectivity index (χ3n) is 2.78. The van der Waals surface area contributed by atoms with E-state index in [1.165, 1.54) is 4.88 Å². The molecular formula is C13H17N3OS. The van der Waals surface area contributed by atoms with E-state index in [1.54, 1.807) is 28.4 Å². The fourth-order valence-electron chi connectivity index (χ4n) is 1.77. The lowest BCUT2D eigenvalue weighted by Gasteiger charge is -2.17. The highest BCUT2D eigenvalue weighted by molar-refractivity contribution is 7.09. The second kappa shape index (κ2) is 5.82. The highest BCUT2D eigenvalue weighted by Crippen LogP contribution is 2.11. The van der Waals surface area contributed by atoms with Crippen LogP contribution in [0.15, 0.2) is 36.0 Å². The summed E-state index contributed by atoms with van der Waals surface area (Å²) in [4.78, 5) is 13.3. The monoisotopic (exact) mass is 263 g/mol. The van der Waals surface area contributed by atoms with E-state index in [0.717, 1.165) is 6.42 Å². The Hall–Kier alpha value is -1.62. The number of thiophene rings is 1. The van der Waals surface area contributed by atoms with Gasteiger partial charge in [-0.2, -0.15) is 5.10 Å². The molecule has 0 unspecified atom stereocenters. The number of amides is 1. The number of aromatic nitrogens is 2. The van der Waals surface area contributed by atoms with E-state index >= 15 is 0 Å². The summed E-state index contributed by atoms with van der Waals surface area (Å²) in [6.45, 7) is 3.87. The lowest BCUT2D eigenvalue weighted by molar-refractivity contribution is -0.124. The predicted octanol–water partition coefficient (Wildman–Crippen LogP) is 2.25. The van der Waals surface area contributed by atoms with Gasteiger partial charge in [-0.05, 0) is 31.4 Å². The third-order valence-corrected chi connectivity index (χ3v) is 3.68. The Bertz CT molecular complexity index is 478. The summed E-state index contributed by atoms with van der Waals surface area (Å²) in [5.41, 5.74) is 0. The molecule has 0 saturated heterocycles. The summed E-state index contributed by atoms with van der Waals surface area (Å²) in [7, 11) is 0. The zero-order valence-electron chi connectivity index (χ0n) is 10.5. The first-order valence-corrected chi connectivity index (χ1v) is 6.86. The van der Waals surface area contributed by atoms with E-state index in [0.29, 0.717) is 0 Å². The zero-order valence-corrected chi connectivity index (χ0v) is 11.4.